The Hall–Kier alpha value is -2.54. The molecule has 3 aromatic rings. The highest BCUT2D eigenvalue weighted by Gasteiger charge is 2.19. The van der Waals surface area contributed by atoms with Gasteiger partial charge in [0.2, 0.25) is 0 Å². The quantitative estimate of drug-likeness (QED) is 0.499. The lowest BCUT2D eigenvalue weighted by molar-refractivity contribution is 1.17. The number of rotatable bonds is 3. The minimum Gasteiger partial charge on any atom is -0.310 e. The van der Waals surface area contributed by atoms with Gasteiger partial charge in [-0.3, -0.25) is 0 Å². The molecule has 0 unspecified atom stereocenters. The van der Waals surface area contributed by atoms with Crippen LogP contribution in [-0.4, -0.2) is 0 Å². The molecule has 0 saturated heterocycles. The molecule has 0 heterocycles. The summed E-state index contributed by atoms with van der Waals surface area (Å²) in [5.41, 5.74) is 11.7. The van der Waals surface area contributed by atoms with E-state index in [-0.39, 0.29) is 0 Å². The van der Waals surface area contributed by atoms with Crippen LogP contribution in [0, 0.1) is 41.5 Å². The van der Waals surface area contributed by atoms with Crippen molar-refractivity contribution < 1.29 is 0 Å². The van der Waals surface area contributed by atoms with E-state index in [2.05, 4.69) is 101 Å². The van der Waals surface area contributed by atoms with Crippen LogP contribution in [0.3, 0.4) is 0 Å². The summed E-state index contributed by atoms with van der Waals surface area (Å²) in [7, 11) is 0. The smallest absolute Gasteiger partial charge is 0.0493 e. The predicted octanol–water partition coefficient (Wildman–Crippen LogP) is 7.01. The fraction of sp³-hybridized carbons (Fsp3) is 0.250. The zero-order valence-electron chi connectivity index (χ0n) is 16.1. The van der Waals surface area contributed by atoms with Gasteiger partial charge < -0.3 is 4.90 Å². The maximum atomic E-state index is 2.42. The number of nitrogens with zero attached hydrogens (tertiary/aromatic N) is 1. The Morgan fingerprint density at radius 3 is 1.00 bits per heavy atom. The van der Waals surface area contributed by atoms with Gasteiger partial charge in [0.15, 0.2) is 0 Å². The summed E-state index contributed by atoms with van der Waals surface area (Å²) in [6, 6.07) is 19.7. The largest absolute Gasteiger partial charge is 0.310 e. The van der Waals surface area contributed by atoms with E-state index in [1.807, 2.05) is 0 Å². The second kappa shape index (κ2) is 6.76. The Labute approximate surface area is 151 Å². The average molecular weight is 329 g/mol. The van der Waals surface area contributed by atoms with Crippen molar-refractivity contribution in [3.63, 3.8) is 0 Å². The second-order valence-electron chi connectivity index (χ2n) is 6.99. The Bertz CT molecular complexity index is 799. The van der Waals surface area contributed by atoms with Crippen LogP contribution in [0.2, 0.25) is 0 Å². The van der Waals surface area contributed by atoms with Crippen LogP contribution in [-0.2, 0) is 0 Å². The molecule has 0 fully saturated rings. The fourth-order valence-corrected chi connectivity index (χ4v) is 3.32. The van der Waals surface area contributed by atoms with Gasteiger partial charge in [0.1, 0.15) is 0 Å². The number of benzene rings is 3. The Morgan fingerprint density at radius 2 is 0.720 bits per heavy atom. The molecule has 0 aliphatic rings. The molecule has 0 saturated carbocycles. The van der Waals surface area contributed by atoms with E-state index in [1.54, 1.807) is 0 Å². The van der Waals surface area contributed by atoms with Crippen LogP contribution in [0.25, 0.3) is 0 Å². The van der Waals surface area contributed by atoms with Gasteiger partial charge >= 0.3 is 0 Å². The van der Waals surface area contributed by atoms with Crippen molar-refractivity contribution in [3.8, 4) is 0 Å². The number of aryl methyl sites for hydroxylation is 3. The van der Waals surface area contributed by atoms with Crippen molar-refractivity contribution in [2.45, 2.75) is 41.5 Å². The summed E-state index contributed by atoms with van der Waals surface area (Å²) in [6.07, 6.45) is 0. The summed E-state index contributed by atoms with van der Waals surface area (Å²) in [5, 5.41) is 0. The van der Waals surface area contributed by atoms with Gasteiger partial charge in [-0.15, -0.1) is 0 Å². The SMILES string of the molecule is Cc1cccc(N(c2cccc(C)c2C)c2cccc(C)c2C)c1C. The Kier molecular flexibility index (Phi) is 4.67. The monoisotopic (exact) mass is 329 g/mol. The lowest BCUT2D eigenvalue weighted by atomic mass is 10.0. The third-order valence-electron chi connectivity index (χ3n) is 5.45. The Balaban J connectivity index is 2.35. The molecule has 0 spiro atoms. The van der Waals surface area contributed by atoms with Gasteiger partial charge in [-0.05, 0) is 93.1 Å². The van der Waals surface area contributed by atoms with E-state index in [1.165, 1.54) is 50.4 Å². The first-order chi connectivity index (χ1) is 11.9. The van der Waals surface area contributed by atoms with Gasteiger partial charge in [0, 0.05) is 17.1 Å². The topological polar surface area (TPSA) is 3.24 Å². The van der Waals surface area contributed by atoms with Gasteiger partial charge in [0.05, 0.1) is 0 Å². The van der Waals surface area contributed by atoms with Crippen LogP contribution >= 0.6 is 0 Å². The molecular formula is C24H27N. The highest BCUT2D eigenvalue weighted by Crippen LogP contribution is 2.41. The van der Waals surface area contributed by atoms with Crippen molar-refractivity contribution in [1.29, 1.82) is 0 Å². The summed E-state index contributed by atoms with van der Waals surface area (Å²) in [4.78, 5) is 2.42. The molecule has 0 aromatic heterocycles. The molecule has 3 rings (SSSR count). The maximum Gasteiger partial charge on any atom is 0.0493 e. The third-order valence-corrected chi connectivity index (χ3v) is 5.45. The molecule has 0 atom stereocenters. The van der Waals surface area contributed by atoms with Gasteiger partial charge in [-0.25, -0.2) is 0 Å². The maximum absolute atomic E-state index is 2.42. The van der Waals surface area contributed by atoms with Crippen molar-refractivity contribution in [3.05, 3.63) is 88.0 Å². The van der Waals surface area contributed by atoms with E-state index < -0.39 is 0 Å². The first kappa shape index (κ1) is 17.3. The van der Waals surface area contributed by atoms with Crippen LogP contribution in [0.15, 0.2) is 54.6 Å². The summed E-state index contributed by atoms with van der Waals surface area (Å²) in [6.45, 7) is 13.2. The van der Waals surface area contributed by atoms with Gasteiger partial charge in [0.25, 0.3) is 0 Å². The van der Waals surface area contributed by atoms with Gasteiger partial charge in [-0.2, -0.15) is 0 Å². The van der Waals surface area contributed by atoms with E-state index in [0.717, 1.165) is 0 Å². The zero-order chi connectivity index (χ0) is 18.1. The highest BCUT2D eigenvalue weighted by molar-refractivity contribution is 5.82. The predicted molar refractivity (Wildman–Crippen MR) is 110 cm³/mol. The van der Waals surface area contributed by atoms with Crippen LogP contribution in [0.5, 0.6) is 0 Å². The first-order valence-electron chi connectivity index (χ1n) is 8.90. The van der Waals surface area contributed by atoms with Crippen LogP contribution < -0.4 is 4.90 Å². The third kappa shape index (κ3) is 3.07. The average Bonchev–Trinajstić information content (AvgIpc) is 2.59. The number of anilines is 3. The van der Waals surface area contributed by atoms with E-state index in [9.17, 15) is 0 Å². The van der Waals surface area contributed by atoms with Crippen LogP contribution in [0.4, 0.5) is 17.1 Å². The summed E-state index contributed by atoms with van der Waals surface area (Å²) in [5.74, 6) is 0. The van der Waals surface area contributed by atoms with Crippen molar-refractivity contribution in [2.75, 3.05) is 4.90 Å². The summed E-state index contributed by atoms with van der Waals surface area (Å²) >= 11 is 0. The van der Waals surface area contributed by atoms with Gasteiger partial charge in [-0.1, -0.05) is 36.4 Å². The molecule has 1 heteroatoms. The molecule has 0 bridgehead atoms. The molecule has 3 aromatic carbocycles. The van der Waals surface area contributed by atoms with Crippen molar-refractivity contribution in [1.82, 2.24) is 0 Å². The second-order valence-corrected chi connectivity index (χ2v) is 6.99. The fourth-order valence-electron chi connectivity index (χ4n) is 3.32. The molecule has 1 nitrogen and oxygen atoms in total. The van der Waals surface area contributed by atoms with Crippen LogP contribution in [0.1, 0.15) is 33.4 Å². The summed E-state index contributed by atoms with van der Waals surface area (Å²) < 4.78 is 0. The molecule has 0 N–H and O–H groups in total. The minimum absolute atomic E-state index is 1.25. The molecular weight excluding hydrogens is 302 g/mol. The molecule has 0 radical (unpaired) electrons. The number of hydrogen-bond donors (Lipinski definition) is 0. The van der Waals surface area contributed by atoms with E-state index >= 15 is 0 Å². The molecule has 0 amide bonds. The molecule has 0 aliphatic heterocycles. The van der Waals surface area contributed by atoms with Crippen molar-refractivity contribution in [2.24, 2.45) is 0 Å². The lowest BCUT2D eigenvalue weighted by Crippen LogP contribution is -2.15. The van der Waals surface area contributed by atoms with E-state index in [4.69, 9.17) is 0 Å². The standard InChI is InChI=1S/C24H27N/c1-16-10-7-13-22(19(16)4)25(23-14-8-11-17(2)20(23)5)24-15-9-12-18(3)21(24)6/h7-15H,1-6H3. The molecule has 0 aliphatic carbocycles. The molecule has 25 heavy (non-hydrogen) atoms. The zero-order valence-corrected chi connectivity index (χ0v) is 16.1. The van der Waals surface area contributed by atoms with Crippen molar-refractivity contribution >= 4 is 17.1 Å². The number of hydrogen-bond acceptors (Lipinski definition) is 1. The lowest BCUT2D eigenvalue weighted by Gasteiger charge is -2.31. The van der Waals surface area contributed by atoms with E-state index in [0.29, 0.717) is 0 Å². The molecule has 128 valence electrons. The highest BCUT2D eigenvalue weighted by atomic mass is 15.1. The Morgan fingerprint density at radius 1 is 0.440 bits per heavy atom. The minimum atomic E-state index is 1.25. The normalized spacial score (nSPS) is 10.8. The first-order valence-corrected chi connectivity index (χ1v) is 8.90.